The van der Waals surface area contributed by atoms with Gasteiger partial charge in [-0.15, -0.1) is 0 Å². The van der Waals surface area contributed by atoms with Crippen LogP contribution in [-0.4, -0.2) is 56.4 Å². The maximum absolute atomic E-state index is 13.7. The van der Waals surface area contributed by atoms with Crippen LogP contribution in [0.4, 0.5) is 36.7 Å². The van der Waals surface area contributed by atoms with Gasteiger partial charge in [-0.05, 0) is 12.1 Å². The lowest BCUT2D eigenvalue weighted by atomic mass is 10.3. The summed E-state index contributed by atoms with van der Waals surface area (Å²) in [5.41, 5.74) is -0.210. The number of benzene rings is 1. The number of nitrogens with one attached hydrogen (secondary N) is 2. The van der Waals surface area contributed by atoms with E-state index >= 15 is 0 Å². The Bertz CT molecular complexity index is 807. The standard InChI is InChI=1S/C17H20F2N6O2/c1-24(2)15-13(10-20-16(23-15)25-6-8-27-9-7-25)21-17(26)22-14-11(18)4-3-5-12(14)19/h3-5,10H,6-9H2,1-2H3,(H2,21,22,26). The zero-order chi connectivity index (χ0) is 19.4. The van der Waals surface area contributed by atoms with Crippen LogP contribution in [0.5, 0.6) is 0 Å². The smallest absolute Gasteiger partial charge is 0.323 e. The number of para-hydroxylation sites is 1. The molecule has 0 radical (unpaired) electrons. The van der Waals surface area contributed by atoms with E-state index in [1.807, 2.05) is 4.90 Å². The van der Waals surface area contributed by atoms with E-state index in [-0.39, 0.29) is 0 Å². The van der Waals surface area contributed by atoms with E-state index in [4.69, 9.17) is 4.74 Å². The van der Waals surface area contributed by atoms with Crippen molar-refractivity contribution in [2.24, 2.45) is 0 Å². The Morgan fingerprint density at radius 1 is 1.19 bits per heavy atom. The van der Waals surface area contributed by atoms with Gasteiger partial charge in [0.25, 0.3) is 0 Å². The van der Waals surface area contributed by atoms with Gasteiger partial charge in [-0.3, -0.25) is 0 Å². The molecule has 144 valence electrons. The first-order chi connectivity index (χ1) is 13.0. The molecule has 1 aromatic carbocycles. The SMILES string of the molecule is CN(C)c1nc(N2CCOCC2)ncc1NC(=O)Nc1c(F)cccc1F. The van der Waals surface area contributed by atoms with Gasteiger partial charge in [0.15, 0.2) is 5.82 Å². The number of hydrogen-bond acceptors (Lipinski definition) is 6. The predicted octanol–water partition coefficient (Wildman–Crippen LogP) is 2.30. The van der Waals surface area contributed by atoms with E-state index in [1.54, 1.807) is 19.0 Å². The van der Waals surface area contributed by atoms with Crippen molar-refractivity contribution in [3.63, 3.8) is 0 Å². The molecule has 3 rings (SSSR count). The number of rotatable bonds is 4. The molecule has 1 aromatic heterocycles. The summed E-state index contributed by atoms with van der Waals surface area (Å²) in [5, 5.41) is 4.70. The zero-order valence-electron chi connectivity index (χ0n) is 15.0. The molecule has 0 spiro atoms. The normalized spacial score (nSPS) is 14.0. The quantitative estimate of drug-likeness (QED) is 0.850. The van der Waals surface area contributed by atoms with Crippen molar-refractivity contribution in [2.45, 2.75) is 0 Å². The molecule has 2 amide bonds. The average Bonchev–Trinajstić information content (AvgIpc) is 2.65. The summed E-state index contributed by atoms with van der Waals surface area (Å²) in [6.07, 6.45) is 1.46. The van der Waals surface area contributed by atoms with Gasteiger partial charge in [0.1, 0.15) is 23.0 Å². The number of aromatic nitrogens is 2. The number of anilines is 4. The van der Waals surface area contributed by atoms with Crippen molar-refractivity contribution < 1.29 is 18.3 Å². The Kier molecular flexibility index (Phi) is 5.65. The van der Waals surface area contributed by atoms with Gasteiger partial charge in [-0.25, -0.2) is 18.6 Å². The van der Waals surface area contributed by atoms with Gasteiger partial charge in [0.2, 0.25) is 5.95 Å². The molecule has 1 aliphatic rings. The molecular weight excluding hydrogens is 358 g/mol. The van der Waals surface area contributed by atoms with Crippen molar-refractivity contribution in [3.05, 3.63) is 36.0 Å². The molecule has 27 heavy (non-hydrogen) atoms. The van der Waals surface area contributed by atoms with Gasteiger partial charge in [-0.2, -0.15) is 4.98 Å². The number of halogens is 2. The van der Waals surface area contributed by atoms with E-state index in [9.17, 15) is 13.6 Å². The van der Waals surface area contributed by atoms with Gasteiger partial charge in [-0.1, -0.05) is 6.07 Å². The molecular formula is C17H20F2N6O2. The van der Waals surface area contributed by atoms with Crippen molar-refractivity contribution >= 4 is 29.2 Å². The van der Waals surface area contributed by atoms with Gasteiger partial charge < -0.3 is 25.2 Å². The lowest BCUT2D eigenvalue weighted by Crippen LogP contribution is -2.37. The third kappa shape index (κ3) is 4.40. The van der Waals surface area contributed by atoms with Crippen LogP contribution in [-0.2, 0) is 4.74 Å². The Balaban J connectivity index is 1.78. The molecule has 2 aromatic rings. The van der Waals surface area contributed by atoms with Crippen molar-refractivity contribution in [1.29, 1.82) is 0 Å². The molecule has 0 bridgehead atoms. The first-order valence-electron chi connectivity index (χ1n) is 8.35. The molecule has 0 saturated carbocycles. The minimum absolute atomic E-state index is 0.311. The maximum atomic E-state index is 13.7. The van der Waals surface area contributed by atoms with Crippen LogP contribution in [0.1, 0.15) is 0 Å². The number of amides is 2. The second-order valence-electron chi connectivity index (χ2n) is 6.08. The fraction of sp³-hybridized carbons (Fsp3) is 0.353. The molecule has 0 aliphatic carbocycles. The highest BCUT2D eigenvalue weighted by molar-refractivity contribution is 6.01. The minimum Gasteiger partial charge on any atom is -0.378 e. The summed E-state index contributed by atoms with van der Waals surface area (Å²) in [6.45, 7) is 2.54. The molecule has 10 heteroatoms. The lowest BCUT2D eigenvalue weighted by Gasteiger charge is -2.28. The van der Waals surface area contributed by atoms with Crippen LogP contribution < -0.4 is 20.4 Å². The van der Waals surface area contributed by atoms with Crippen LogP contribution in [0.2, 0.25) is 0 Å². The Labute approximate surface area is 155 Å². The first kappa shape index (κ1) is 18.8. The number of urea groups is 1. The van der Waals surface area contributed by atoms with E-state index < -0.39 is 23.4 Å². The fourth-order valence-corrected chi connectivity index (χ4v) is 2.59. The van der Waals surface area contributed by atoms with Gasteiger partial charge >= 0.3 is 6.03 Å². The number of ether oxygens (including phenoxy) is 1. The Morgan fingerprint density at radius 2 is 1.85 bits per heavy atom. The second kappa shape index (κ2) is 8.12. The summed E-state index contributed by atoms with van der Waals surface area (Å²) >= 11 is 0. The van der Waals surface area contributed by atoms with E-state index in [0.29, 0.717) is 43.8 Å². The summed E-state index contributed by atoms with van der Waals surface area (Å²) in [7, 11) is 3.54. The maximum Gasteiger partial charge on any atom is 0.323 e. The van der Waals surface area contributed by atoms with Crippen molar-refractivity contribution in [2.75, 3.05) is 60.8 Å². The third-order valence-corrected chi connectivity index (χ3v) is 3.92. The topological polar surface area (TPSA) is 82.6 Å². The number of carbonyl (C=O) groups excluding carboxylic acids is 1. The Morgan fingerprint density at radius 3 is 2.48 bits per heavy atom. The zero-order valence-corrected chi connectivity index (χ0v) is 15.0. The molecule has 0 unspecified atom stereocenters. The molecule has 1 saturated heterocycles. The highest BCUT2D eigenvalue weighted by Gasteiger charge is 2.19. The fourth-order valence-electron chi connectivity index (χ4n) is 2.59. The van der Waals surface area contributed by atoms with Crippen LogP contribution >= 0.6 is 0 Å². The number of hydrogen-bond donors (Lipinski definition) is 2. The van der Waals surface area contributed by atoms with E-state index in [1.165, 1.54) is 12.3 Å². The van der Waals surface area contributed by atoms with E-state index in [2.05, 4.69) is 20.6 Å². The molecule has 1 fully saturated rings. The predicted molar refractivity (Wildman–Crippen MR) is 98.4 cm³/mol. The monoisotopic (exact) mass is 378 g/mol. The molecule has 2 N–H and O–H groups in total. The third-order valence-electron chi connectivity index (χ3n) is 3.92. The van der Waals surface area contributed by atoms with Crippen LogP contribution in [0.15, 0.2) is 24.4 Å². The van der Waals surface area contributed by atoms with Crippen LogP contribution in [0.3, 0.4) is 0 Å². The Hall–Kier alpha value is -3.01. The summed E-state index contributed by atoms with van der Waals surface area (Å²) in [4.78, 5) is 24.7. The first-order valence-corrected chi connectivity index (χ1v) is 8.35. The summed E-state index contributed by atoms with van der Waals surface area (Å²) in [5.74, 6) is -0.738. The highest BCUT2D eigenvalue weighted by Crippen LogP contribution is 2.25. The average molecular weight is 378 g/mol. The number of carbonyl (C=O) groups is 1. The minimum atomic E-state index is -0.864. The second-order valence-corrected chi connectivity index (χ2v) is 6.08. The lowest BCUT2D eigenvalue weighted by molar-refractivity contribution is 0.122. The van der Waals surface area contributed by atoms with Gasteiger partial charge in [0.05, 0.1) is 19.4 Å². The van der Waals surface area contributed by atoms with Crippen molar-refractivity contribution in [1.82, 2.24) is 9.97 Å². The van der Waals surface area contributed by atoms with Crippen LogP contribution in [0, 0.1) is 11.6 Å². The van der Waals surface area contributed by atoms with Crippen LogP contribution in [0.25, 0.3) is 0 Å². The summed E-state index contributed by atoms with van der Waals surface area (Å²) in [6, 6.07) is 2.54. The molecule has 0 atom stereocenters. The largest absolute Gasteiger partial charge is 0.378 e. The number of nitrogens with zero attached hydrogens (tertiary/aromatic N) is 4. The molecule has 2 heterocycles. The summed E-state index contributed by atoms with van der Waals surface area (Å²) < 4.78 is 32.7. The highest BCUT2D eigenvalue weighted by atomic mass is 19.1. The molecule has 8 nitrogen and oxygen atoms in total. The molecule has 1 aliphatic heterocycles. The number of morpholine rings is 1. The van der Waals surface area contributed by atoms with E-state index in [0.717, 1.165) is 12.1 Å². The van der Waals surface area contributed by atoms with Gasteiger partial charge in [0, 0.05) is 27.2 Å². The van der Waals surface area contributed by atoms with Crippen molar-refractivity contribution in [3.8, 4) is 0 Å².